The number of rotatable bonds is 2. The van der Waals surface area contributed by atoms with Crippen molar-refractivity contribution < 1.29 is 18.8 Å². The lowest BCUT2D eigenvalue weighted by Crippen LogP contribution is -1.99. The first-order valence-electron chi connectivity index (χ1n) is 3.54. The van der Waals surface area contributed by atoms with Gasteiger partial charge in [-0.25, -0.2) is 8.78 Å². The number of nitro groups is 1. The second-order valence-corrected chi connectivity index (χ2v) is 2.44. The highest BCUT2D eigenvalue weighted by molar-refractivity contribution is 5.47. The van der Waals surface area contributed by atoms with Crippen LogP contribution < -0.4 is 0 Å². The average Bonchev–Trinajstić information content (AvgIpc) is 2.16. The molecular formula is C7H3F2N3O3. The molecule has 15 heavy (non-hydrogen) atoms. The lowest BCUT2D eigenvalue weighted by atomic mass is 10.2. The Bertz CT molecular complexity index is 456. The van der Waals surface area contributed by atoms with E-state index in [4.69, 9.17) is 10.4 Å². The van der Waals surface area contributed by atoms with E-state index >= 15 is 0 Å². The Morgan fingerprint density at radius 1 is 1.67 bits per heavy atom. The van der Waals surface area contributed by atoms with Crippen LogP contribution in [0.15, 0.2) is 6.07 Å². The van der Waals surface area contributed by atoms with Crippen molar-refractivity contribution in [2.45, 2.75) is 6.43 Å². The summed E-state index contributed by atoms with van der Waals surface area (Å²) in [5, 5.41) is 27.7. The van der Waals surface area contributed by atoms with E-state index in [2.05, 4.69) is 4.98 Å². The summed E-state index contributed by atoms with van der Waals surface area (Å²) in [5.41, 5.74) is -1.60. The molecule has 0 fully saturated rings. The Hall–Kier alpha value is -2.30. The van der Waals surface area contributed by atoms with E-state index in [9.17, 15) is 18.9 Å². The summed E-state index contributed by atoms with van der Waals surface area (Å²) >= 11 is 0. The van der Waals surface area contributed by atoms with Gasteiger partial charge in [0.05, 0.1) is 5.56 Å². The number of nitrogens with zero attached hydrogens (tertiary/aromatic N) is 3. The first-order chi connectivity index (χ1) is 6.97. The lowest BCUT2D eigenvalue weighted by Gasteiger charge is -2.00. The molecule has 1 rings (SSSR count). The van der Waals surface area contributed by atoms with Crippen LogP contribution in [0.2, 0.25) is 0 Å². The molecule has 0 bridgehead atoms. The largest absolute Gasteiger partial charge is 0.501 e. The van der Waals surface area contributed by atoms with Gasteiger partial charge in [-0.15, -0.1) is 0 Å². The van der Waals surface area contributed by atoms with E-state index in [1.807, 2.05) is 0 Å². The third-order valence-electron chi connectivity index (χ3n) is 1.53. The molecule has 1 heterocycles. The highest BCUT2D eigenvalue weighted by Crippen LogP contribution is 2.30. The molecule has 0 aliphatic carbocycles. The number of hydrogen-bond acceptors (Lipinski definition) is 5. The Morgan fingerprint density at radius 2 is 2.27 bits per heavy atom. The standard InChI is InChI=1S/C7H3F2N3O3/c8-6(9)3-1-5(13)7(12(14)15)11-4(3)2-10/h1,6,13H. The van der Waals surface area contributed by atoms with Crippen molar-refractivity contribution >= 4 is 5.82 Å². The summed E-state index contributed by atoms with van der Waals surface area (Å²) < 4.78 is 24.5. The van der Waals surface area contributed by atoms with Crippen LogP contribution in [-0.4, -0.2) is 15.0 Å². The molecule has 0 saturated heterocycles. The van der Waals surface area contributed by atoms with E-state index in [1.165, 1.54) is 6.07 Å². The third kappa shape index (κ3) is 1.96. The number of aromatic nitrogens is 1. The van der Waals surface area contributed by atoms with Crippen LogP contribution in [-0.2, 0) is 0 Å². The highest BCUT2D eigenvalue weighted by Gasteiger charge is 2.25. The molecule has 0 radical (unpaired) electrons. The molecule has 0 unspecified atom stereocenters. The minimum Gasteiger partial charge on any atom is -0.501 e. The topological polar surface area (TPSA) is 100 Å². The Labute approximate surface area is 81.6 Å². The molecule has 6 nitrogen and oxygen atoms in total. The van der Waals surface area contributed by atoms with Crippen LogP contribution in [0.4, 0.5) is 14.6 Å². The van der Waals surface area contributed by atoms with E-state index < -0.39 is 34.2 Å². The maximum Gasteiger partial charge on any atom is 0.407 e. The fraction of sp³-hybridized carbons (Fsp3) is 0.143. The summed E-state index contributed by atoms with van der Waals surface area (Å²) in [5.74, 6) is -2.01. The number of aromatic hydroxyl groups is 1. The zero-order chi connectivity index (χ0) is 11.6. The van der Waals surface area contributed by atoms with Gasteiger partial charge in [0.2, 0.25) is 5.75 Å². The van der Waals surface area contributed by atoms with Crippen molar-refractivity contribution in [1.29, 1.82) is 5.26 Å². The predicted molar refractivity (Wildman–Crippen MR) is 42.2 cm³/mol. The Balaban J connectivity index is 3.44. The van der Waals surface area contributed by atoms with Gasteiger partial charge in [0.25, 0.3) is 12.1 Å². The van der Waals surface area contributed by atoms with E-state index in [1.54, 1.807) is 0 Å². The van der Waals surface area contributed by atoms with Crippen LogP contribution in [0, 0.1) is 21.4 Å². The molecule has 8 heteroatoms. The van der Waals surface area contributed by atoms with Gasteiger partial charge in [0, 0.05) is 6.07 Å². The fourth-order valence-electron chi connectivity index (χ4n) is 0.898. The number of pyridine rings is 1. The predicted octanol–water partition coefficient (Wildman–Crippen LogP) is 1.50. The molecule has 0 spiro atoms. The number of nitriles is 1. The van der Waals surface area contributed by atoms with Crippen LogP contribution in [0.3, 0.4) is 0 Å². The van der Waals surface area contributed by atoms with Crippen molar-refractivity contribution in [3.05, 3.63) is 27.4 Å². The zero-order valence-electron chi connectivity index (χ0n) is 7.02. The van der Waals surface area contributed by atoms with Crippen molar-refractivity contribution in [1.82, 2.24) is 4.98 Å². The Kier molecular flexibility index (Phi) is 2.75. The SMILES string of the molecule is N#Cc1nc([N+](=O)[O-])c(O)cc1C(F)F. The minimum atomic E-state index is -3.03. The van der Waals surface area contributed by atoms with Gasteiger partial charge >= 0.3 is 5.82 Å². The summed E-state index contributed by atoms with van der Waals surface area (Å²) in [6.45, 7) is 0. The maximum absolute atomic E-state index is 12.3. The molecule has 78 valence electrons. The van der Waals surface area contributed by atoms with Gasteiger partial charge in [-0.1, -0.05) is 0 Å². The van der Waals surface area contributed by atoms with Crippen LogP contribution in [0.1, 0.15) is 17.7 Å². The summed E-state index contributed by atoms with van der Waals surface area (Å²) in [4.78, 5) is 12.2. The zero-order valence-corrected chi connectivity index (χ0v) is 7.02. The smallest absolute Gasteiger partial charge is 0.407 e. The van der Waals surface area contributed by atoms with E-state index in [0.29, 0.717) is 6.07 Å². The maximum atomic E-state index is 12.3. The molecule has 0 saturated carbocycles. The summed E-state index contributed by atoms with van der Waals surface area (Å²) in [6, 6.07) is 1.76. The molecule has 1 N–H and O–H groups in total. The van der Waals surface area contributed by atoms with Crippen molar-refractivity contribution in [2.24, 2.45) is 0 Å². The van der Waals surface area contributed by atoms with Crippen LogP contribution >= 0.6 is 0 Å². The second kappa shape index (κ2) is 3.83. The fourth-order valence-corrected chi connectivity index (χ4v) is 0.898. The van der Waals surface area contributed by atoms with Gasteiger partial charge in [-0.2, -0.15) is 5.26 Å². The molecule has 0 amide bonds. The molecule has 0 aliphatic heterocycles. The average molecular weight is 215 g/mol. The molecule has 1 aromatic heterocycles. The van der Waals surface area contributed by atoms with Crippen molar-refractivity contribution in [3.63, 3.8) is 0 Å². The van der Waals surface area contributed by atoms with Gasteiger partial charge in [0.1, 0.15) is 6.07 Å². The molecule has 0 aliphatic rings. The number of hydrogen-bond donors (Lipinski definition) is 1. The Morgan fingerprint density at radius 3 is 2.67 bits per heavy atom. The van der Waals surface area contributed by atoms with E-state index in [0.717, 1.165) is 0 Å². The number of halogens is 2. The first-order valence-corrected chi connectivity index (χ1v) is 3.54. The first kappa shape index (κ1) is 10.8. The minimum absolute atomic E-state index is 0.467. The quantitative estimate of drug-likeness (QED) is 0.595. The second-order valence-electron chi connectivity index (χ2n) is 2.44. The molecular weight excluding hydrogens is 212 g/mol. The normalized spacial score (nSPS) is 10.0. The van der Waals surface area contributed by atoms with Crippen molar-refractivity contribution in [2.75, 3.05) is 0 Å². The molecule has 0 aromatic carbocycles. The van der Waals surface area contributed by atoms with Gasteiger partial charge < -0.3 is 15.2 Å². The number of alkyl halides is 2. The highest BCUT2D eigenvalue weighted by atomic mass is 19.3. The summed E-state index contributed by atoms with van der Waals surface area (Å²) in [6.07, 6.45) is -3.03. The van der Waals surface area contributed by atoms with Crippen molar-refractivity contribution in [3.8, 4) is 11.8 Å². The van der Waals surface area contributed by atoms with Crippen LogP contribution in [0.5, 0.6) is 5.75 Å². The van der Waals surface area contributed by atoms with Crippen LogP contribution in [0.25, 0.3) is 0 Å². The molecule has 0 atom stereocenters. The summed E-state index contributed by atoms with van der Waals surface area (Å²) in [7, 11) is 0. The third-order valence-corrected chi connectivity index (χ3v) is 1.53. The van der Waals surface area contributed by atoms with E-state index in [-0.39, 0.29) is 0 Å². The van der Waals surface area contributed by atoms with Gasteiger partial charge in [-0.05, 0) is 9.91 Å². The molecule has 1 aromatic rings. The monoisotopic (exact) mass is 215 g/mol. The van der Waals surface area contributed by atoms with Gasteiger partial charge in [0.15, 0.2) is 0 Å². The lowest BCUT2D eigenvalue weighted by molar-refractivity contribution is -0.390. The van der Waals surface area contributed by atoms with Gasteiger partial charge in [-0.3, -0.25) is 0 Å².